The zero-order chi connectivity index (χ0) is 29.1. The Bertz CT molecular complexity index is 1750. The van der Waals surface area contributed by atoms with Gasteiger partial charge in [-0.05, 0) is 43.2 Å². The van der Waals surface area contributed by atoms with Crippen molar-refractivity contribution in [3.63, 3.8) is 0 Å². The van der Waals surface area contributed by atoms with Crippen molar-refractivity contribution in [2.24, 2.45) is 0 Å². The molecular formula is C33H32N4O4S. The molecule has 1 aliphatic rings. The molecule has 3 aromatic carbocycles. The molecule has 8 nitrogen and oxygen atoms in total. The quantitative estimate of drug-likeness (QED) is 0.202. The van der Waals surface area contributed by atoms with Crippen molar-refractivity contribution in [3.05, 3.63) is 95.2 Å². The maximum Gasteiger partial charge on any atom is 0.340 e. The molecule has 0 radical (unpaired) electrons. The number of nitrogens with zero attached hydrogens (tertiary/aromatic N) is 3. The SMILES string of the molecule is CCOc1ccc2nc(NC(=O)C(CC)OC(=O)c3c4c(nc5ccccc35)CCN(Cc3ccccc3)C4)sc2c1. The lowest BCUT2D eigenvalue weighted by atomic mass is 9.95. The molecule has 214 valence electrons. The molecule has 1 N–H and O–H groups in total. The van der Waals surface area contributed by atoms with Gasteiger partial charge >= 0.3 is 5.97 Å². The van der Waals surface area contributed by atoms with Crippen LogP contribution in [-0.4, -0.2) is 46.0 Å². The minimum atomic E-state index is -0.977. The summed E-state index contributed by atoms with van der Waals surface area (Å²) in [7, 11) is 0. The van der Waals surface area contributed by atoms with Crippen molar-refractivity contribution in [2.45, 2.75) is 45.9 Å². The van der Waals surface area contributed by atoms with Crippen LogP contribution in [0.4, 0.5) is 5.13 Å². The van der Waals surface area contributed by atoms with Gasteiger partial charge in [0.05, 0.1) is 27.9 Å². The second-order valence-corrected chi connectivity index (χ2v) is 11.3. The van der Waals surface area contributed by atoms with Gasteiger partial charge in [-0.15, -0.1) is 0 Å². The molecule has 1 amide bonds. The first kappa shape index (κ1) is 27.8. The van der Waals surface area contributed by atoms with Crippen LogP contribution in [0, 0.1) is 0 Å². The summed E-state index contributed by atoms with van der Waals surface area (Å²) in [6, 6.07) is 23.5. The van der Waals surface area contributed by atoms with Gasteiger partial charge in [-0.2, -0.15) is 0 Å². The summed E-state index contributed by atoms with van der Waals surface area (Å²) in [5, 5.41) is 4.03. The summed E-state index contributed by atoms with van der Waals surface area (Å²) >= 11 is 1.35. The number of aromatic nitrogens is 2. The number of nitrogens with one attached hydrogen (secondary N) is 1. The van der Waals surface area contributed by atoms with Crippen molar-refractivity contribution in [1.82, 2.24) is 14.9 Å². The predicted molar refractivity (Wildman–Crippen MR) is 165 cm³/mol. The van der Waals surface area contributed by atoms with Crippen LogP contribution in [0.1, 0.15) is 47.4 Å². The highest BCUT2D eigenvalue weighted by Crippen LogP contribution is 2.31. The average Bonchev–Trinajstić information content (AvgIpc) is 3.40. The van der Waals surface area contributed by atoms with E-state index in [0.29, 0.717) is 30.3 Å². The van der Waals surface area contributed by atoms with Gasteiger partial charge in [0.2, 0.25) is 0 Å². The summed E-state index contributed by atoms with van der Waals surface area (Å²) in [5.41, 5.74) is 4.99. The molecule has 0 spiro atoms. The molecular weight excluding hydrogens is 548 g/mol. The Morgan fingerprint density at radius 1 is 1.00 bits per heavy atom. The zero-order valence-electron chi connectivity index (χ0n) is 23.6. The topological polar surface area (TPSA) is 93.7 Å². The third-order valence-corrected chi connectivity index (χ3v) is 8.33. The van der Waals surface area contributed by atoms with Crippen molar-refractivity contribution >= 4 is 49.5 Å². The van der Waals surface area contributed by atoms with E-state index in [2.05, 4.69) is 27.3 Å². The lowest BCUT2D eigenvalue weighted by Crippen LogP contribution is -2.34. The summed E-state index contributed by atoms with van der Waals surface area (Å²) < 4.78 is 12.4. The molecule has 42 heavy (non-hydrogen) atoms. The van der Waals surface area contributed by atoms with E-state index in [0.717, 1.165) is 57.6 Å². The van der Waals surface area contributed by atoms with Crippen LogP contribution in [0.15, 0.2) is 72.8 Å². The van der Waals surface area contributed by atoms with Gasteiger partial charge in [-0.3, -0.25) is 20.0 Å². The minimum Gasteiger partial charge on any atom is -0.494 e. The number of hydrogen-bond acceptors (Lipinski definition) is 8. The number of carbonyl (C=O) groups excluding carboxylic acids is 2. The molecule has 9 heteroatoms. The fraction of sp³-hybridized carbons (Fsp3) is 0.273. The fourth-order valence-corrected chi connectivity index (χ4v) is 6.26. The maximum atomic E-state index is 13.9. The third kappa shape index (κ3) is 5.84. The monoisotopic (exact) mass is 580 g/mol. The van der Waals surface area contributed by atoms with Crippen LogP contribution in [0.25, 0.3) is 21.1 Å². The van der Waals surface area contributed by atoms with Crippen molar-refractivity contribution in [1.29, 1.82) is 0 Å². The molecule has 1 atom stereocenters. The number of anilines is 1. The van der Waals surface area contributed by atoms with Crippen LogP contribution >= 0.6 is 11.3 Å². The second-order valence-electron chi connectivity index (χ2n) is 10.2. The smallest absolute Gasteiger partial charge is 0.340 e. The van der Waals surface area contributed by atoms with E-state index in [1.807, 2.05) is 74.5 Å². The van der Waals surface area contributed by atoms with Gasteiger partial charge in [0.15, 0.2) is 11.2 Å². The van der Waals surface area contributed by atoms with Crippen LogP contribution in [0.2, 0.25) is 0 Å². The van der Waals surface area contributed by atoms with Gasteiger partial charge in [-0.25, -0.2) is 9.78 Å². The van der Waals surface area contributed by atoms with E-state index < -0.39 is 18.0 Å². The summed E-state index contributed by atoms with van der Waals surface area (Å²) in [6.07, 6.45) is 0.0747. The van der Waals surface area contributed by atoms with Crippen LogP contribution < -0.4 is 10.1 Å². The molecule has 0 aliphatic carbocycles. The number of hydrogen-bond donors (Lipinski definition) is 1. The number of benzene rings is 3. The van der Waals surface area contributed by atoms with Crippen LogP contribution in [-0.2, 0) is 29.0 Å². The Morgan fingerprint density at radius 3 is 2.62 bits per heavy atom. The van der Waals surface area contributed by atoms with Gasteiger partial charge in [0.25, 0.3) is 5.91 Å². The Morgan fingerprint density at radius 2 is 1.81 bits per heavy atom. The second kappa shape index (κ2) is 12.3. The van der Waals surface area contributed by atoms with Crippen LogP contribution in [0.3, 0.4) is 0 Å². The molecule has 0 fully saturated rings. The predicted octanol–water partition coefficient (Wildman–Crippen LogP) is 6.38. The van der Waals surface area contributed by atoms with E-state index in [4.69, 9.17) is 14.5 Å². The molecule has 1 aliphatic heterocycles. The molecule has 3 heterocycles. The Kier molecular flexibility index (Phi) is 8.12. The molecule has 6 rings (SSSR count). The van der Waals surface area contributed by atoms with E-state index in [1.54, 1.807) is 0 Å². The Balaban J connectivity index is 1.24. The summed E-state index contributed by atoms with van der Waals surface area (Å²) in [6.45, 7) is 6.52. The highest BCUT2D eigenvalue weighted by Gasteiger charge is 2.30. The van der Waals surface area contributed by atoms with Crippen molar-refractivity contribution in [2.75, 3.05) is 18.5 Å². The van der Waals surface area contributed by atoms with E-state index in [1.165, 1.54) is 16.9 Å². The minimum absolute atomic E-state index is 0.322. The van der Waals surface area contributed by atoms with E-state index in [-0.39, 0.29) is 0 Å². The average molecular weight is 581 g/mol. The third-order valence-electron chi connectivity index (χ3n) is 7.39. The van der Waals surface area contributed by atoms with E-state index >= 15 is 0 Å². The number of para-hydroxylation sites is 1. The van der Waals surface area contributed by atoms with Gasteiger partial charge in [0.1, 0.15) is 5.75 Å². The maximum absolute atomic E-state index is 13.9. The molecule has 0 bridgehead atoms. The molecule has 0 saturated heterocycles. The molecule has 2 aromatic heterocycles. The lowest BCUT2D eigenvalue weighted by Gasteiger charge is -2.30. The first-order chi connectivity index (χ1) is 20.5. The highest BCUT2D eigenvalue weighted by molar-refractivity contribution is 7.22. The Labute approximate surface area is 248 Å². The van der Waals surface area contributed by atoms with Gasteiger partial charge in [0, 0.05) is 42.7 Å². The number of rotatable bonds is 9. The first-order valence-electron chi connectivity index (χ1n) is 14.2. The van der Waals surface area contributed by atoms with E-state index in [9.17, 15) is 9.59 Å². The number of pyridine rings is 1. The lowest BCUT2D eigenvalue weighted by molar-refractivity contribution is -0.124. The summed E-state index contributed by atoms with van der Waals surface area (Å²) in [4.78, 5) is 38.9. The van der Waals surface area contributed by atoms with Gasteiger partial charge < -0.3 is 9.47 Å². The molecule has 1 unspecified atom stereocenters. The summed E-state index contributed by atoms with van der Waals surface area (Å²) in [5.74, 6) is -0.172. The number of amides is 1. The van der Waals surface area contributed by atoms with Crippen molar-refractivity contribution < 1.29 is 19.1 Å². The van der Waals surface area contributed by atoms with Crippen molar-refractivity contribution in [3.8, 4) is 5.75 Å². The standard InChI is InChI=1S/C33H32N4O4S/c1-3-28(31(38)36-33-35-27-15-14-22(40-4-2)18-29(27)42-33)41-32(39)30-23-12-8-9-13-25(23)34-26-16-17-37(20-24(26)30)19-21-10-6-5-7-11-21/h5-15,18,28H,3-4,16-17,19-20H2,1-2H3,(H,35,36,38). The molecule has 5 aromatic rings. The normalized spacial score (nSPS) is 14.0. The fourth-order valence-electron chi connectivity index (χ4n) is 5.37. The molecule has 0 saturated carbocycles. The number of esters is 1. The first-order valence-corrected chi connectivity index (χ1v) is 15.1. The number of ether oxygens (including phenoxy) is 2. The van der Waals surface area contributed by atoms with Crippen LogP contribution in [0.5, 0.6) is 5.75 Å². The highest BCUT2D eigenvalue weighted by atomic mass is 32.1. The number of thiazole rings is 1. The Hall–Kier alpha value is -4.34. The largest absolute Gasteiger partial charge is 0.494 e. The zero-order valence-corrected chi connectivity index (χ0v) is 24.4. The van der Waals surface area contributed by atoms with Gasteiger partial charge in [-0.1, -0.05) is 66.8 Å². The number of carbonyl (C=O) groups is 2. The number of fused-ring (bicyclic) bond motifs is 3.